The van der Waals surface area contributed by atoms with Crippen LogP contribution in [0.25, 0.3) is 16.6 Å². The topological polar surface area (TPSA) is 64.4 Å². The Morgan fingerprint density at radius 3 is 2.60 bits per heavy atom. The lowest BCUT2D eigenvalue weighted by Crippen LogP contribution is -2.40. The molecule has 2 heterocycles. The Labute approximate surface area is 212 Å². The van der Waals surface area contributed by atoms with Gasteiger partial charge in [0.1, 0.15) is 5.75 Å². The van der Waals surface area contributed by atoms with Gasteiger partial charge in [0.2, 0.25) is 5.91 Å². The van der Waals surface area contributed by atoms with E-state index in [2.05, 4.69) is 13.0 Å². The lowest BCUT2D eigenvalue weighted by molar-refractivity contribution is -0.118. The quantitative estimate of drug-likeness (QED) is 0.264. The number of amides is 1. The Morgan fingerprint density at radius 1 is 1.11 bits per heavy atom. The van der Waals surface area contributed by atoms with Crippen LogP contribution in [0.3, 0.4) is 0 Å². The summed E-state index contributed by atoms with van der Waals surface area (Å²) in [7, 11) is 1.56. The molecule has 0 saturated heterocycles. The Bertz CT molecular complexity index is 1500. The first-order chi connectivity index (χ1) is 16.9. The van der Waals surface area contributed by atoms with E-state index in [1.165, 1.54) is 16.3 Å². The van der Waals surface area contributed by atoms with Crippen LogP contribution in [0.5, 0.6) is 5.75 Å². The molecule has 1 aromatic heterocycles. The number of para-hydroxylation sites is 3. The fourth-order valence-electron chi connectivity index (χ4n) is 4.55. The van der Waals surface area contributed by atoms with Crippen molar-refractivity contribution in [3.63, 3.8) is 0 Å². The molecule has 0 bridgehead atoms. The molecule has 6 nitrogen and oxygen atoms in total. The average Bonchev–Trinajstić information content (AvgIpc) is 3.19. The van der Waals surface area contributed by atoms with Gasteiger partial charge in [0.15, 0.2) is 5.16 Å². The van der Waals surface area contributed by atoms with Crippen LogP contribution in [0, 0.1) is 0 Å². The van der Waals surface area contributed by atoms with Crippen molar-refractivity contribution in [2.75, 3.05) is 12.0 Å². The number of ether oxygens (including phenoxy) is 1. The van der Waals surface area contributed by atoms with Crippen LogP contribution >= 0.6 is 23.4 Å². The molecule has 1 amide bonds. The van der Waals surface area contributed by atoms with E-state index in [4.69, 9.17) is 21.3 Å². The Hall–Kier alpha value is -3.29. The third-order valence-electron chi connectivity index (χ3n) is 6.20. The normalized spacial score (nSPS) is 15.8. The summed E-state index contributed by atoms with van der Waals surface area (Å²) in [6.07, 6.45) is 0.817. The van der Waals surface area contributed by atoms with Crippen LogP contribution in [0.15, 0.2) is 76.7 Å². The summed E-state index contributed by atoms with van der Waals surface area (Å²) in [6.45, 7) is 3.90. The van der Waals surface area contributed by atoms with E-state index < -0.39 is 5.25 Å². The number of fused-ring (bicyclic) bond motifs is 2. The van der Waals surface area contributed by atoms with E-state index in [0.717, 1.165) is 17.7 Å². The van der Waals surface area contributed by atoms with Gasteiger partial charge in [-0.15, -0.1) is 0 Å². The molecule has 4 aromatic rings. The predicted octanol–water partition coefficient (Wildman–Crippen LogP) is 5.51. The molecule has 5 rings (SSSR count). The minimum atomic E-state index is -0.493. The molecule has 0 N–H and O–H groups in total. The maximum absolute atomic E-state index is 13.7. The van der Waals surface area contributed by atoms with Crippen molar-refractivity contribution in [3.05, 3.63) is 87.7 Å². The maximum Gasteiger partial charge on any atom is 0.266 e. The van der Waals surface area contributed by atoms with Crippen LogP contribution in [0.1, 0.15) is 19.4 Å². The van der Waals surface area contributed by atoms with Crippen molar-refractivity contribution in [2.45, 2.75) is 36.7 Å². The average molecular weight is 506 g/mol. The predicted molar refractivity (Wildman–Crippen MR) is 141 cm³/mol. The molecule has 8 heteroatoms. The van der Waals surface area contributed by atoms with Crippen molar-refractivity contribution in [1.29, 1.82) is 0 Å². The third kappa shape index (κ3) is 4.19. The molecule has 35 heavy (non-hydrogen) atoms. The molecule has 0 radical (unpaired) electrons. The number of hydrogen-bond donors (Lipinski definition) is 0. The molecule has 1 aliphatic heterocycles. The molecule has 0 aliphatic carbocycles. The summed E-state index contributed by atoms with van der Waals surface area (Å²) in [5.74, 6) is 0.507. The number of benzene rings is 3. The van der Waals surface area contributed by atoms with Crippen LogP contribution in [-0.2, 0) is 11.2 Å². The molecule has 0 unspecified atom stereocenters. The highest BCUT2D eigenvalue weighted by atomic mass is 35.5. The summed E-state index contributed by atoms with van der Waals surface area (Å²) in [4.78, 5) is 33.9. The number of thioether (sulfide) groups is 1. The van der Waals surface area contributed by atoms with Gasteiger partial charge in [-0.1, -0.05) is 53.7 Å². The molecular formula is C27H24ClN3O3S. The van der Waals surface area contributed by atoms with Crippen LogP contribution < -0.4 is 15.2 Å². The van der Waals surface area contributed by atoms with Crippen LogP contribution in [0.2, 0.25) is 5.02 Å². The van der Waals surface area contributed by atoms with Gasteiger partial charge in [0.05, 0.1) is 29.0 Å². The van der Waals surface area contributed by atoms with Gasteiger partial charge in [0, 0.05) is 16.8 Å². The largest absolute Gasteiger partial charge is 0.495 e. The van der Waals surface area contributed by atoms with Gasteiger partial charge in [-0.3, -0.25) is 14.2 Å². The number of methoxy groups -OCH3 is 1. The second-order valence-electron chi connectivity index (χ2n) is 8.52. The molecule has 1 aliphatic rings. The van der Waals surface area contributed by atoms with Crippen LogP contribution in [-0.4, -0.2) is 33.9 Å². The second-order valence-corrected chi connectivity index (χ2v) is 10.3. The minimum absolute atomic E-state index is 0.0283. The smallest absolute Gasteiger partial charge is 0.266 e. The number of anilines is 1. The number of carbonyl (C=O) groups excluding carboxylic acids is 1. The minimum Gasteiger partial charge on any atom is -0.495 e. The molecule has 0 spiro atoms. The third-order valence-corrected chi connectivity index (χ3v) is 7.48. The van der Waals surface area contributed by atoms with Crippen molar-refractivity contribution in [1.82, 2.24) is 9.55 Å². The number of aromatic nitrogens is 2. The lowest BCUT2D eigenvalue weighted by Gasteiger charge is -2.26. The van der Waals surface area contributed by atoms with Gasteiger partial charge in [-0.05, 0) is 62.2 Å². The van der Waals surface area contributed by atoms with Crippen molar-refractivity contribution < 1.29 is 9.53 Å². The number of hydrogen-bond acceptors (Lipinski definition) is 5. The highest BCUT2D eigenvalue weighted by molar-refractivity contribution is 8.00. The molecule has 2 atom stereocenters. The van der Waals surface area contributed by atoms with E-state index in [1.54, 1.807) is 37.4 Å². The summed E-state index contributed by atoms with van der Waals surface area (Å²) in [5.41, 5.74) is 2.90. The van der Waals surface area contributed by atoms with Gasteiger partial charge >= 0.3 is 0 Å². The zero-order valence-electron chi connectivity index (χ0n) is 19.6. The fourth-order valence-corrected chi connectivity index (χ4v) is 5.68. The monoisotopic (exact) mass is 505 g/mol. The van der Waals surface area contributed by atoms with Gasteiger partial charge < -0.3 is 9.64 Å². The second kappa shape index (κ2) is 9.40. The van der Waals surface area contributed by atoms with Gasteiger partial charge in [-0.25, -0.2) is 4.98 Å². The number of rotatable bonds is 5. The summed E-state index contributed by atoms with van der Waals surface area (Å²) < 4.78 is 7.05. The zero-order chi connectivity index (χ0) is 24.7. The van der Waals surface area contributed by atoms with E-state index in [9.17, 15) is 9.59 Å². The molecule has 178 valence electrons. The van der Waals surface area contributed by atoms with E-state index >= 15 is 0 Å². The zero-order valence-corrected chi connectivity index (χ0v) is 21.1. The Balaban J connectivity index is 1.60. The highest BCUT2D eigenvalue weighted by Crippen LogP contribution is 2.35. The number of halogens is 1. The van der Waals surface area contributed by atoms with Crippen molar-refractivity contribution in [2.24, 2.45) is 0 Å². The molecule has 0 fully saturated rings. The number of nitrogens with zero attached hydrogens (tertiary/aromatic N) is 3. The van der Waals surface area contributed by atoms with Crippen molar-refractivity contribution in [3.8, 4) is 11.4 Å². The Morgan fingerprint density at radius 2 is 1.83 bits per heavy atom. The summed E-state index contributed by atoms with van der Waals surface area (Å²) in [6, 6.07) is 20.3. The molecule has 3 aromatic carbocycles. The first-order valence-electron chi connectivity index (χ1n) is 11.3. The van der Waals surface area contributed by atoms with E-state index in [0.29, 0.717) is 32.5 Å². The van der Waals surface area contributed by atoms with E-state index in [-0.39, 0.29) is 17.5 Å². The highest BCUT2D eigenvalue weighted by Gasteiger charge is 2.34. The van der Waals surface area contributed by atoms with Crippen molar-refractivity contribution >= 4 is 45.9 Å². The number of carbonyl (C=O) groups is 1. The first kappa shape index (κ1) is 23.5. The van der Waals surface area contributed by atoms with Crippen LogP contribution in [0.4, 0.5) is 5.69 Å². The van der Waals surface area contributed by atoms with Gasteiger partial charge in [-0.2, -0.15) is 0 Å². The Kier molecular flexibility index (Phi) is 6.30. The SMILES string of the molecule is COc1ccccc1-n1c(S[C@@H](C)C(=O)N2c3ccccc3C[C@H]2C)nc2cc(Cl)ccc2c1=O. The molecular weight excluding hydrogens is 482 g/mol. The maximum atomic E-state index is 13.7. The molecule has 0 saturated carbocycles. The summed E-state index contributed by atoms with van der Waals surface area (Å²) in [5, 5.41) is 0.830. The first-order valence-corrected chi connectivity index (χ1v) is 12.6. The summed E-state index contributed by atoms with van der Waals surface area (Å²) >= 11 is 7.45. The van der Waals surface area contributed by atoms with E-state index in [1.807, 2.05) is 42.2 Å². The fraction of sp³-hybridized carbons (Fsp3) is 0.222. The lowest BCUT2D eigenvalue weighted by atomic mass is 10.1. The standard InChI is InChI=1S/C27H24ClN3O3S/c1-16-14-18-8-4-5-9-22(18)30(16)25(32)17(2)35-27-29-21-15-19(28)12-13-20(21)26(33)31(27)23-10-6-7-11-24(23)34-3/h4-13,15-17H,14H2,1-3H3/t16-,17+/m1/s1. The van der Waals surface area contributed by atoms with Gasteiger partial charge in [0.25, 0.3) is 5.56 Å².